The second-order valence-corrected chi connectivity index (χ2v) is 24.3. The Labute approximate surface area is 569 Å². The predicted molar refractivity (Wildman–Crippen MR) is 329 cm³/mol. The highest BCUT2D eigenvalue weighted by Crippen LogP contribution is 2.42. The van der Waals surface area contributed by atoms with Crippen LogP contribution in [0.5, 0.6) is 40.2 Å². The van der Waals surface area contributed by atoms with E-state index in [2.05, 4.69) is 0 Å². The van der Waals surface area contributed by atoms with Gasteiger partial charge in [0, 0.05) is 12.1 Å². The number of phenolic OH excluding ortho intramolecular Hbond substituents is 3. The summed E-state index contributed by atoms with van der Waals surface area (Å²) in [4.78, 5) is 39.0. The van der Waals surface area contributed by atoms with Crippen LogP contribution in [0.1, 0.15) is 38.0 Å². The Hall–Kier alpha value is -8.32. The van der Waals surface area contributed by atoms with Crippen LogP contribution in [0.4, 0.5) is 0 Å². The maximum Gasteiger partial charge on any atom is 0.402 e. The normalized spacial score (nSPS) is 34.3. The van der Waals surface area contributed by atoms with Crippen LogP contribution in [0.25, 0.3) is 22.3 Å². The Balaban J connectivity index is 0.677. The number of hydrogen-bond acceptors (Lipinski definition) is 34. The van der Waals surface area contributed by atoms with Crippen LogP contribution in [-0.4, -0.2) is 290 Å². The van der Waals surface area contributed by atoms with Gasteiger partial charge in [-0.25, -0.2) is 18.8 Å². The van der Waals surface area contributed by atoms with Gasteiger partial charge >= 0.3 is 29.3 Å². The van der Waals surface area contributed by atoms with E-state index in [0.29, 0.717) is 0 Å². The first-order valence-electron chi connectivity index (χ1n) is 31.3. The Morgan fingerprint density at radius 1 is 0.366 bits per heavy atom. The number of carbonyl (C=O) groups excluding carboxylic acids is 3. The van der Waals surface area contributed by atoms with Gasteiger partial charge in [0.25, 0.3) is 0 Å². The second kappa shape index (κ2) is 31.5. The number of phenols is 3. The minimum atomic E-state index is -1.98. The van der Waals surface area contributed by atoms with Crippen molar-refractivity contribution in [2.75, 3.05) is 26.4 Å². The lowest BCUT2D eigenvalue weighted by Gasteiger charge is -2.42. The van der Waals surface area contributed by atoms with E-state index in [9.17, 15) is 106 Å². The number of benzene rings is 5. The Morgan fingerprint density at radius 2 is 0.713 bits per heavy atom. The van der Waals surface area contributed by atoms with E-state index in [1.54, 1.807) is 0 Å². The zero-order chi connectivity index (χ0) is 72.4. The van der Waals surface area contributed by atoms with Crippen molar-refractivity contribution in [2.24, 2.45) is 0 Å². The number of rotatable bonds is 21. The van der Waals surface area contributed by atoms with E-state index in [4.69, 9.17) is 66.0 Å². The molecule has 11 rings (SSSR count). The molecule has 101 heavy (non-hydrogen) atoms. The van der Waals surface area contributed by atoms with Gasteiger partial charge in [-0.15, -0.1) is 0 Å². The van der Waals surface area contributed by atoms with Crippen LogP contribution >= 0.6 is 0 Å². The quantitative estimate of drug-likeness (QED) is 0.0190. The number of ether oxygens (including phenoxy) is 13. The van der Waals surface area contributed by atoms with Crippen molar-refractivity contribution < 1.29 is 172 Å². The topological polar surface area (TPSA) is 547 Å². The highest BCUT2D eigenvalue weighted by Gasteiger charge is 2.51. The van der Waals surface area contributed by atoms with Gasteiger partial charge in [-0.3, -0.25) is 0 Å². The first kappa shape index (κ1) is 73.9. The van der Waals surface area contributed by atoms with E-state index in [1.165, 1.54) is 116 Å². The third-order valence-corrected chi connectivity index (χ3v) is 17.3. The molecule has 0 amide bonds. The van der Waals surface area contributed by atoms with Crippen molar-refractivity contribution in [3.8, 4) is 51.6 Å². The third-order valence-electron chi connectivity index (χ3n) is 17.3. The zero-order valence-corrected chi connectivity index (χ0v) is 52.7. The molecule has 35 nitrogen and oxygen atoms in total. The van der Waals surface area contributed by atoms with E-state index >= 15 is 0 Å². The summed E-state index contributed by atoms with van der Waals surface area (Å²) in [7, 11) is 0. The van der Waals surface area contributed by atoms with Gasteiger partial charge in [0.05, 0.1) is 41.0 Å². The van der Waals surface area contributed by atoms with Crippen LogP contribution in [-0.2, 0) is 42.6 Å². The largest absolute Gasteiger partial charge is 0.508 e. The monoisotopic (exact) mass is 1430 g/mol. The van der Waals surface area contributed by atoms with Crippen molar-refractivity contribution in [3.63, 3.8) is 0 Å². The highest BCUT2D eigenvalue weighted by atomic mass is 16.7. The molecule has 5 fully saturated rings. The average Bonchev–Trinajstić information content (AvgIpc) is 0.770. The zero-order valence-electron chi connectivity index (χ0n) is 52.7. The van der Waals surface area contributed by atoms with E-state index in [1.807, 2.05) is 0 Å². The van der Waals surface area contributed by atoms with E-state index < -0.39 is 204 Å². The average molecular weight is 1430 g/mol. The van der Waals surface area contributed by atoms with Crippen molar-refractivity contribution in [2.45, 2.75) is 160 Å². The number of fused-ring (bicyclic) bond motifs is 1. The van der Waals surface area contributed by atoms with Crippen molar-refractivity contribution in [1.82, 2.24) is 0 Å². The molecule has 0 bridgehead atoms. The van der Waals surface area contributed by atoms with Gasteiger partial charge < -0.3 is 153 Å². The Morgan fingerprint density at radius 3 is 1.13 bits per heavy atom. The minimum Gasteiger partial charge on any atom is -0.508 e. The van der Waals surface area contributed by atoms with Crippen LogP contribution in [0.15, 0.2) is 120 Å². The standard InChI is InChI=1S/C66H72O35/c1-25-43(70)48(75)53(80)62(92-25)91-24-42-47(74)52(79)57(84)66(101-42)97-38-20-35-36(69)18-34(19-37(35)96-58(38)26-2-10-30(67)11-3-26)95-65-56(83)51(78)46(73)41(100-65)23-90-61(87)29-8-16-33(17-9-29)94-64-55(82)50(77)45(72)40(99-64)22-89-60(86)28-6-14-32(15-7-28)93-63-54(81)49(76)44(71)39(98-63)21-88-59(85)27-4-12-31(68)13-5-27/h2-20,25,39-57,62-66,70-84H,21-24H2,1H3,(H2-,67,68,69,85)/p+1/t25-,39+,40+,41+,42+,43-,44+,45+,46+,47+,48+,49-,50-,51-,52-,53+,54+,55+,56+,57+,62+,63+,64+,65-,66+/m0/s1. The molecule has 25 atom stereocenters. The molecule has 6 heterocycles. The fourth-order valence-electron chi connectivity index (χ4n) is 11.3. The fourth-order valence-corrected chi connectivity index (χ4v) is 11.3. The maximum atomic E-state index is 13.4. The summed E-state index contributed by atoms with van der Waals surface area (Å²) in [6, 6.07) is 23.9. The van der Waals surface area contributed by atoms with Crippen molar-refractivity contribution in [3.05, 3.63) is 132 Å². The summed E-state index contributed by atoms with van der Waals surface area (Å²) >= 11 is 0. The SMILES string of the molecule is C[C@@H]1O[C@@H](OC[C@H]2O[C@@H](Oc3cc4c(O)cc(O[C@H]5O[C@H](COC(=O)c6ccc(O[C@@H]7O[C@H](COC(=O)c8ccc(O[C@@H]9O[C@H](COC(=O)c%10ccc(O)cc%10)[C@@H](O)[C@H](O)[C@H]9O)cc8)[C@@H](O)[C@H](O)[C@H]7O)cc6)[C@@H](O)[C@H](O)[C@H]5O)cc4[o+]c3-c3ccc(O)cc3)[C@H](O)[C@@H](O)[C@@H]2O)[C@H](O)[C@H](O)[C@H]1O. The highest BCUT2D eigenvalue weighted by molar-refractivity contribution is 5.91. The Kier molecular flexibility index (Phi) is 23.1. The number of carbonyl (C=O) groups is 3. The van der Waals surface area contributed by atoms with Gasteiger partial charge in [0.2, 0.25) is 30.9 Å². The first-order chi connectivity index (χ1) is 48.1. The number of esters is 3. The molecule has 5 aliphatic heterocycles. The second-order valence-electron chi connectivity index (χ2n) is 24.3. The van der Waals surface area contributed by atoms with E-state index in [0.717, 1.165) is 6.07 Å². The van der Waals surface area contributed by atoms with Gasteiger partial charge in [-0.1, -0.05) is 0 Å². The summed E-state index contributed by atoms with van der Waals surface area (Å²) in [6.45, 7) is -1.22. The summed E-state index contributed by atoms with van der Waals surface area (Å²) < 4.78 is 79.5. The number of aliphatic hydroxyl groups is 15. The van der Waals surface area contributed by atoms with Gasteiger partial charge in [0.1, 0.15) is 176 Å². The van der Waals surface area contributed by atoms with Crippen LogP contribution in [0.3, 0.4) is 0 Å². The molecule has 0 unspecified atom stereocenters. The molecule has 0 saturated carbocycles. The molecule has 18 N–H and O–H groups in total. The summed E-state index contributed by atoms with van der Waals surface area (Å²) in [6.07, 6.45) is -42.6. The maximum absolute atomic E-state index is 13.4. The van der Waals surface area contributed by atoms with Gasteiger partial charge in [-0.05, 0) is 104 Å². The molecule has 5 aliphatic rings. The molecular formula is C66H73O35+. The summed E-state index contributed by atoms with van der Waals surface area (Å²) in [5.74, 6) is -4.35. The van der Waals surface area contributed by atoms with Crippen LogP contribution in [0.2, 0.25) is 0 Å². The lowest BCUT2D eigenvalue weighted by atomic mass is 9.98. The van der Waals surface area contributed by atoms with Crippen molar-refractivity contribution >= 4 is 28.9 Å². The summed E-state index contributed by atoms with van der Waals surface area (Å²) in [5.41, 5.74) is -0.0469. The fraction of sp³-hybridized carbons (Fsp3) is 0.455. The first-order valence-corrected chi connectivity index (χ1v) is 31.3. The van der Waals surface area contributed by atoms with E-state index in [-0.39, 0.29) is 73.5 Å². The number of aliphatic hydroxyl groups excluding tert-OH is 15. The smallest absolute Gasteiger partial charge is 0.402 e. The lowest BCUT2D eigenvalue weighted by molar-refractivity contribution is -0.318. The predicted octanol–water partition coefficient (Wildman–Crippen LogP) is -3.34. The number of aromatic hydroxyl groups is 3. The molecule has 546 valence electrons. The summed E-state index contributed by atoms with van der Waals surface area (Å²) in [5, 5.41) is 191. The molecule has 5 saturated heterocycles. The van der Waals surface area contributed by atoms with Crippen LogP contribution < -0.4 is 18.9 Å². The molecule has 0 spiro atoms. The molecule has 0 aliphatic carbocycles. The molecule has 5 aromatic carbocycles. The number of hydrogen-bond donors (Lipinski definition) is 18. The van der Waals surface area contributed by atoms with Gasteiger partial charge in [-0.2, -0.15) is 0 Å². The van der Waals surface area contributed by atoms with Gasteiger partial charge in [0.15, 0.2) is 6.29 Å². The molecule has 35 heteroatoms. The molecule has 6 aromatic rings. The molecular weight excluding hydrogens is 1350 g/mol. The molecule has 1 aromatic heterocycles. The third kappa shape index (κ3) is 16.5. The van der Waals surface area contributed by atoms with Crippen molar-refractivity contribution in [1.29, 1.82) is 0 Å². The lowest BCUT2D eigenvalue weighted by Crippen LogP contribution is -2.61. The molecule has 0 radical (unpaired) electrons. The van der Waals surface area contributed by atoms with Crippen LogP contribution in [0, 0.1) is 0 Å². The minimum absolute atomic E-state index is 0.000468. The Bertz CT molecular complexity index is 3790.